The molecule has 0 aliphatic heterocycles. The van der Waals surface area contributed by atoms with Gasteiger partial charge in [0.1, 0.15) is 5.75 Å². The van der Waals surface area contributed by atoms with Crippen molar-refractivity contribution >= 4 is 0 Å². The minimum absolute atomic E-state index is 0.182. The highest BCUT2D eigenvalue weighted by Crippen LogP contribution is 2.27. The molecule has 108 valence electrons. The number of nitrogens with two attached hydrogens (primary N) is 1. The van der Waals surface area contributed by atoms with Crippen molar-refractivity contribution in [1.29, 1.82) is 5.26 Å². The van der Waals surface area contributed by atoms with Crippen molar-refractivity contribution in [3.8, 4) is 11.8 Å². The highest BCUT2D eigenvalue weighted by atomic mass is 16.5. The van der Waals surface area contributed by atoms with E-state index in [-0.39, 0.29) is 5.54 Å². The third-order valence-electron chi connectivity index (χ3n) is 3.91. The van der Waals surface area contributed by atoms with E-state index in [1.165, 1.54) is 19.3 Å². The van der Waals surface area contributed by atoms with Crippen LogP contribution in [0.5, 0.6) is 5.75 Å². The summed E-state index contributed by atoms with van der Waals surface area (Å²) in [7, 11) is 1.62. The Hall–Kier alpha value is -1.57. The van der Waals surface area contributed by atoms with Gasteiger partial charge in [0.25, 0.3) is 0 Å². The van der Waals surface area contributed by atoms with Gasteiger partial charge in [-0.15, -0.1) is 0 Å². The Kier molecular flexibility index (Phi) is 4.99. The summed E-state index contributed by atoms with van der Waals surface area (Å²) in [5.74, 6) is 0.749. The van der Waals surface area contributed by atoms with Crippen molar-refractivity contribution in [3.63, 3.8) is 0 Å². The van der Waals surface area contributed by atoms with Crippen LogP contribution in [0.3, 0.4) is 0 Å². The Bertz CT molecular complexity index is 488. The maximum atomic E-state index is 8.94. The lowest BCUT2D eigenvalue weighted by Gasteiger charge is -2.33. The summed E-state index contributed by atoms with van der Waals surface area (Å²) >= 11 is 0. The van der Waals surface area contributed by atoms with E-state index in [1.807, 2.05) is 6.07 Å². The van der Waals surface area contributed by atoms with Crippen molar-refractivity contribution in [1.82, 2.24) is 0 Å². The minimum Gasteiger partial charge on any atom is -0.496 e. The summed E-state index contributed by atoms with van der Waals surface area (Å²) in [4.78, 5) is 0. The third kappa shape index (κ3) is 3.72. The van der Waals surface area contributed by atoms with E-state index in [2.05, 4.69) is 6.07 Å². The lowest BCUT2D eigenvalue weighted by Crippen LogP contribution is -2.46. The Morgan fingerprint density at radius 1 is 1.30 bits per heavy atom. The molecule has 0 unspecified atom stereocenters. The highest BCUT2D eigenvalue weighted by molar-refractivity contribution is 5.41. The predicted octanol–water partition coefficient (Wildman–Crippen LogP) is 2.75. The van der Waals surface area contributed by atoms with E-state index in [9.17, 15) is 0 Å². The van der Waals surface area contributed by atoms with Crippen LogP contribution in [0.15, 0.2) is 18.2 Å². The molecule has 0 radical (unpaired) electrons. The molecule has 4 heteroatoms. The van der Waals surface area contributed by atoms with E-state index in [1.54, 1.807) is 19.2 Å². The zero-order valence-electron chi connectivity index (χ0n) is 12.0. The van der Waals surface area contributed by atoms with Crippen LogP contribution >= 0.6 is 0 Å². The van der Waals surface area contributed by atoms with Crippen LogP contribution < -0.4 is 10.5 Å². The summed E-state index contributed by atoms with van der Waals surface area (Å²) in [6.45, 7) is 0.991. The fraction of sp³-hybridized carbons (Fsp3) is 0.562. The van der Waals surface area contributed by atoms with Gasteiger partial charge in [-0.3, -0.25) is 0 Å². The maximum Gasteiger partial charge on any atom is 0.124 e. The largest absolute Gasteiger partial charge is 0.496 e. The zero-order chi connectivity index (χ0) is 14.4. The van der Waals surface area contributed by atoms with E-state index >= 15 is 0 Å². The average molecular weight is 274 g/mol. The van der Waals surface area contributed by atoms with Crippen molar-refractivity contribution in [3.05, 3.63) is 29.3 Å². The normalized spacial score (nSPS) is 17.4. The van der Waals surface area contributed by atoms with Crippen LogP contribution in [-0.4, -0.2) is 19.3 Å². The number of rotatable bonds is 5. The molecule has 4 nitrogen and oxygen atoms in total. The molecular formula is C16H22N2O2. The van der Waals surface area contributed by atoms with Crippen LogP contribution in [0.2, 0.25) is 0 Å². The van der Waals surface area contributed by atoms with Crippen LogP contribution in [0.25, 0.3) is 0 Å². The maximum absolute atomic E-state index is 8.94. The van der Waals surface area contributed by atoms with Gasteiger partial charge in [0.2, 0.25) is 0 Å². The fourth-order valence-electron chi connectivity index (χ4n) is 2.73. The molecule has 1 saturated carbocycles. The second-order valence-corrected chi connectivity index (χ2v) is 5.55. The van der Waals surface area contributed by atoms with Gasteiger partial charge in [-0.25, -0.2) is 0 Å². The average Bonchev–Trinajstić information content (AvgIpc) is 2.47. The second-order valence-electron chi connectivity index (χ2n) is 5.55. The quantitative estimate of drug-likeness (QED) is 0.896. The molecule has 1 aromatic carbocycles. The molecule has 2 rings (SSSR count). The number of hydrogen-bond acceptors (Lipinski definition) is 4. The van der Waals surface area contributed by atoms with Gasteiger partial charge in [0.05, 0.1) is 32.0 Å². The molecule has 20 heavy (non-hydrogen) atoms. The van der Waals surface area contributed by atoms with Gasteiger partial charge in [-0.2, -0.15) is 5.26 Å². The Labute approximate surface area is 120 Å². The molecular weight excluding hydrogens is 252 g/mol. The first-order valence-corrected chi connectivity index (χ1v) is 7.10. The number of methoxy groups -OCH3 is 1. The van der Waals surface area contributed by atoms with Crippen LogP contribution in [0.1, 0.15) is 43.2 Å². The summed E-state index contributed by atoms with van der Waals surface area (Å²) in [5.41, 5.74) is 7.67. The molecule has 0 heterocycles. The molecule has 0 amide bonds. The van der Waals surface area contributed by atoms with E-state index in [4.69, 9.17) is 20.5 Å². The lowest BCUT2D eigenvalue weighted by molar-refractivity contribution is 0.0565. The molecule has 0 saturated heterocycles. The monoisotopic (exact) mass is 274 g/mol. The van der Waals surface area contributed by atoms with Crippen LogP contribution in [0.4, 0.5) is 0 Å². The number of nitrogens with zero attached hydrogens (tertiary/aromatic N) is 1. The molecule has 0 bridgehead atoms. The number of benzene rings is 1. The standard InChI is InChI=1S/C16H22N2O2/c1-19-15-6-5-13(10-17)9-14(15)11-20-12-16(18)7-3-2-4-8-16/h5-6,9H,2-4,7-8,11-12,18H2,1H3. The van der Waals surface area contributed by atoms with Gasteiger partial charge in [0, 0.05) is 11.1 Å². The molecule has 0 aromatic heterocycles. The Balaban J connectivity index is 1.94. The third-order valence-corrected chi connectivity index (χ3v) is 3.91. The highest BCUT2D eigenvalue weighted by Gasteiger charge is 2.27. The first kappa shape index (κ1) is 14.8. The molecule has 0 spiro atoms. The van der Waals surface area contributed by atoms with E-state index < -0.39 is 0 Å². The first-order valence-electron chi connectivity index (χ1n) is 7.10. The predicted molar refractivity (Wildman–Crippen MR) is 77.4 cm³/mol. The smallest absolute Gasteiger partial charge is 0.124 e. The minimum atomic E-state index is -0.182. The van der Waals surface area contributed by atoms with Gasteiger partial charge in [-0.05, 0) is 31.0 Å². The van der Waals surface area contributed by atoms with Crippen molar-refractivity contribution in [2.75, 3.05) is 13.7 Å². The number of ether oxygens (including phenoxy) is 2. The van der Waals surface area contributed by atoms with Gasteiger partial charge in [-0.1, -0.05) is 19.3 Å². The molecule has 1 fully saturated rings. The Morgan fingerprint density at radius 3 is 2.70 bits per heavy atom. The van der Waals surface area contributed by atoms with Crippen LogP contribution in [-0.2, 0) is 11.3 Å². The summed E-state index contributed by atoms with van der Waals surface area (Å²) < 4.78 is 11.1. The topological polar surface area (TPSA) is 68.3 Å². The molecule has 2 N–H and O–H groups in total. The van der Waals surface area contributed by atoms with Crippen LogP contribution in [0, 0.1) is 11.3 Å². The molecule has 1 aliphatic carbocycles. The van der Waals surface area contributed by atoms with Crippen molar-refractivity contribution in [2.24, 2.45) is 5.73 Å². The number of hydrogen-bond donors (Lipinski definition) is 1. The van der Waals surface area contributed by atoms with Crippen molar-refractivity contribution in [2.45, 2.75) is 44.2 Å². The molecule has 1 aromatic rings. The van der Waals surface area contributed by atoms with Gasteiger partial charge in [0.15, 0.2) is 0 Å². The summed E-state index contributed by atoms with van der Waals surface area (Å²) in [6.07, 6.45) is 5.71. The second kappa shape index (κ2) is 6.74. The zero-order valence-corrected chi connectivity index (χ0v) is 12.0. The molecule has 0 atom stereocenters. The Morgan fingerprint density at radius 2 is 2.05 bits per heavy atom. The first-order chi connectivity index (χ1) is 9.67. The van der Waals surface area contributed by atoms with Gasteiger partial charge < -0.3 is 15.2 Å². The summed E-state index contributed by atoms with van der Waals surface area (Å²) in [6, 6.07) is 7.48. The lowest BCUT2D eigenvalue weighted by atomic mass is 9.83. The van der Waals surface area contributed by atoms with Crippen molar-refractivity contribution < 1.29 is 9.47 Å². The van der Waals surface area contributed by atoms with E-state index in [0.29, 0.717) is 18.8 Å². The van der Waals surface area contributed by atoms with E-state index in [0.717, 1.165) is 24.2 Å². The molecule has 1 aliphatic rings. The number of nitriles is 1. The summed E-state index contributed by atoms with van der Waals surface area (Å²) in [5, 5.41) is 8.94. The SMILES string of the molecule is COc1ccc(C#N)cc1COCC1(N)CCCCC1. The van der Waals surface area contributed by atoms with Gasteiger partial charge >= 0.3 is 0 Å². The fourth-order valence-corrected chi connectivity index (χ4v) is 2.73.